The van der Waals surface area contributed by atoms with Gasteiger partial charge in [-0.25, -0.2) is 0 Å². The summed E-state index contributed by atoms with van der Waals surface area (Å²) < 4.78 is 10.0. The molecule has 0 saturated carbocycles. The van der Waals surface area contributed by atoms with E-state index < -0.39 is 5.97 Å². The predicted molar refractivity (Wildman–Crippen MR) is 51.2 cm³/mol. The van der Waals surface area contributed by atoms with Gasteiger partial charge in [0.1, 0.15) is 0 Å². The third-order valence-corrected chi connectivity index (χ3v) is 2.08. The summed E-state index contributed by atoms with van der Waals surface area (Å²) in [5.41, 5.74) is 0. The average Bonchev–Trinajstić information content (AvgIpc) is 1.98. The maximum atomic E-state index is 9.36. The molecule has 74 valence electrons. The van der Waals surface area contributed by atoms with Gasteiger partial charge in [0.05, 0.1) is 6.61 Å². The first-order chi connectivity index (χ1) is 5.62. The van der Waals surface area contributed by atoms with Crippen LogP contribution in [0.15, 0.2) is 0 Å². The quantitative estimate of drug-likeness (QED) is 0.492. The van der Waals surface area contributed by atoms with Crippen LogP contribution in [-0.2, 0) is 9.47 Å². The minimum Gasteiger partial charge on any atom is -0.344 e. The summed E-state index contributed by atoms with van der Waals surface area (Å²) in [7, 11) is 0. The Labute approximate surface area is 78.4 Å². The van der Waals surface area contributed by atoms with Crippen molar-refractivity contribution in [3.8, 4) is 0 Å². The zero-order valence-corrected chi connectivity index (χ0v) is 8.82. The van der Waals surface area contributed by atoms with Crippen molar-refractivity contribution >= 4 is 11.8 Å². The van der Waals surface area contributed by atoms with E-state index in [1.54, 1.807) is 11.8 Å². The second kappa shape index (κ2) is 6.71. The summed E-state index contributed by atoms with van der Waals surface area (Å²) >= 11 is 1.78. The van der Waals surface area contributed by atoms with E-state index in [0.717, 1.165) is 11.5 Å². The lowest BCUT2D eigenvalue weighted by Gasteiger charge is -2.22. The summed E-state index contributed by atoms with van der Waals surface area (Å²) in [6.45, 7) is 6.39. The molecule has 0 fully saturated rings. The lowest BCUT2D eigenvalue weighted by Crippen LogP contribution is -2.32. The number of ether oxygens (including phenoxy) is 2. The first-order valence-corrected chi connectivity index (χ1v) is 5.36. The van der Waals surface area contributed by atoms with Gasteiger partial charge in [0.2, 0.25) is 0 Å². The maximum absolute atomic E-state index is 9.36. The van der Waals surface area contributed by atoms with E-state index in [2.05, 4.69) is 6.92 Å². The van der Waals surface area contributed by atoms with Gasteiger partial charge >= 0.3 is 0 Å². The minimum atomic E-state index is -1.41. The number of thioether (sulfide) groups is 1. The lowest BCUT2D eigenvalue weighted by molar-refractivity contribution is -0.345. The van der Waals surface area contributed by atoms with Crippen LogP contribution >= 0.6 is 11.8 Å². The summed E-state index contributed by atoms with van der Waals surface area (Å²) in [6.07, 6.45) is 0. The van der Waals surface area contributed by atoms with E-state index >= 15 is 0 Å². The molecule has 0 aromatic heterocycles. The summed E-state index contributed by atoms with van der Waals surface area (Å²) in [5, 5.41) is 9.36. The van der Waals surface area contributed by atoms with Gasteiger partial charge in [0.25, 0.3) is 5.97 Å². The van der Waals surface area contributed by atoms with Crippen LogP contribution in [0.25, 0.3) is 0 Å². The van der Waals surface area contributed by atoms with Crippen molar-refractivity contribution in [2.75, 3.05) is 24.7 Å². The molecule has 0 rings (SSSR count). The average molecular weight is 194 g/mol. The lowest BCUT2D eigenvalue weighted by atomic mass is 10.6. The normalized spacial score (nSPS) is 16.0. The fraction of sp³-hybridized carbons (Fsp3) is 1.00. The Morgan fingerprint density at radius 3 is 2.50 bits per heavy atom. The van der Waals surface area contributed by atoms with Crippen molar-refractivity contribution in [1.82, 2.24) is 0 Å². The number of rotatable bonds is 7. The molecule has 1 atom stereocenters. The van der Waals surface area contributed by atoms with Crippen molar-refractivity contribution in [2.24, 2.45) is 0 Å². The molecule has 4 heteroatoms. The fourth-order valence-electron chi connectivity index (χ4n) is 0.744. The van der Waals surface area contributed by atoms with Crippen molar-refractivity contribution < 1.29 is 14.6 Å². The summed E-state index contributed by atoms with van der Waals surface area (Å²) in [6, 6.07) is 0. The van der Waals surface area contributed by atoms with Crippen LogP contribution in [0.3, 0.4) is 0 Å². The molecule has 0 heterocycles. The standard InChI is InChI=1S/C8H18O3S/c1-4-10-8(3,9)11-6-7-12-5-2/h9H,4-7H2,1-3H3. The Morgan fingerprint density at radius 2 is 2.00 bits per heavy atom. The fourth-order valence-corrected chi connectivity index (χ4v) is 1.23. The SMILES string of the molecule is CCOC(C)(O)OCCSCC. The van der Waals surface area contributed by atoms with E-state index in [0.29, 0.717) is 13.2 Å². The van der Waals surface area contributed by atoms with E-state index in [1.807, 2.05) is 6.92 Å². The monoisotopic (exact) mass is 194 g/mol. The molecule has 0 aromatic carbocycles. The first-order valence-electron chi connectivity index (χ1n) is 4.20. The second-order valence-corrected chi connectivity index (χ2v) is 3.77. The molecular weight excluding hydrogens is 176 g/mol. The van der Waals surface area contributed by atoms with Gasteiger partial charge in [0, 0.05) is 19.3 Å². The molecule has 0 bridgehead atoms. The van der Waals surface area contributed by atoms with Crippen molar-refractivity contribution in [3.05, 3.63) is 0 Å². The zero-order chi connectivity index (χ0) is 9.45. The van der Waals surface area contributed by atoms with E-state index in [4.69, 9.17) is 9.47 Å². The molecule has 0 aliphatic carbocycles. The first kappa shape index (κ1) is 12.2. The third-order valence-electron chi connectivity index (χ3n) is 1.21. The maximum Gasteiger partial charge on any atom is 0.277 e. The molecular formula is C8H18O3S. The Balaban J connectivity index is 3.33. The predicted octanol–water partition coefficient (Wildman–Crippen LogP) is 1.46. The van der Waals surface area contributed by atoms with Crippen LogP contribution in [0, 0.1) is 0 Å². The highest BCUT2D eigenvalue weighted by Gasteiger charge is 2.19. The molecule has 0 aliphatic heterocycles. The van der Waals surface area contributed by atoms with Crippen LogP contribution in [0.2, 0.25) is 0 Å². The Morgan fingerprint density at radius 1 is 1.33 bits per heavy atom. The van der Waals surface area contributed by atoms with Crippen molar-refractivity contribution in [3.63, 3.8) is 0 Å². The molecule has 0 aromatic rings. The Bertz CT molecular complexity index is 106. The molecule has 12 heavy (non-hydrogen) atoms. The highest BCUT2D eigenvalue weighted by atomic mass is 32.2. The molecule has 0 radical (unpaired) electrons. The van der Waals surface area contributed by atoms with Gasteiger partial charge in [-0.15, -0.1) is 0 Å². The van der Waals surface area contributed by atoms with E-state index in [-0.39, 0.29) is 0 Å². The van der Waals surface area contributed by atoms with Crippen LogP contribution in [0.5, 0.6) is 0 Å². The van der Waals surface area contributed by atoms with Gasteiger partial charge in [-0.1, -0.05) is 6.92 Å². The van der Waals surface area contributed by atoms with Crippen LogP contribution in [0.1, 0.15) is 20.8 Å². The summed E-state index contributed by atoms with van der Waals surface area (Å²) in [4.78, 5) is 0. The summed E-state index contributed by atoms with van der Waals surface area (Å²) in [5.74, 6) is 0.545. The molecule has 1 unspecified atom stereocenters. The highest BCUT2D eigenvalue weighted by Crippen LogP contribution is 2.08. The molecule has 3 nitrogen and oxygen atoms in total. The molecule has 0 aliphatic rings. The van der Waals surface area contributed by atoms with Gasteiger partial charge in [-0.2, -0.15) is 11.8 Å². The molecule has 0 amide bonds. The zero-order valence-electron chi connectivity index (χ0n) is 8.00. The molecule has 0 spiro atoms. The van der Waals surface area contributed by atoms with Crippen LogP contribution in [0.4, 0.5) is 0 Å². The van der Waals surface area contributed by atoms with Gasteiger partial charge in [-0.05, 0) is 12.7 Å². The second-order valence-electron chi connectivity index (χ2n) is 2.38. The topological polar surface area (TPSA) is 38.7 Å². The van der Waals surface area contributed by atoms with Gasteiger partial charge in [0.15, 0.2) is 0 Å². The van der Waals surface area contributed by atoms with E-state index in [1.165, 1.54) is 6.92 Å². The number of aliphatic hydroxyl groups is 1. The van der Waals surface area contributed by atoms with Gasteiger partial charge in [-0.3, -0.25) is 0 Å². The van der Waals surface area contributed by atoms with E-state index in [9.17, 15) is 5.11 Å². The molecule has 0 saturated heterocycles. The van der Waals surface area contributed by atoms with Crippen LogP contribution < -0.4 is 0 Å². The molecule has 1 N–H and O–H groups in total. The van der Waals surface area contributed by atoms with Crippen molar-refractivity contribution in [2.45, 2.75) is 26.7 Å². The van der Waals surface area contributed by atoms with Crippen molar-refractivity contribution in [1.29, 1.82) is 0 Å². The largest absolute Gasteiger partial charge is 0.344 e. The number of hydrogen-bond acceptors (Lipinski definition) is 4. The third kappa shape index (κ3) is 6.91. The van der Waals surface area contributed by atoms with Crippen LogP contribution in [-0.4, -0.2) is 35.8 Å². The highest BCUT2D eigenvalue weighted by molar-refractivity contribution is 7.99. The van der Waals surface area contributed by atoms with Gasteiger partial charge < -0.3 is 14.6 Å². The minimum absolute atomic E-state index is 0.452. The Hall–Kier alpha value is 0.230. The number of hydrogen-bond donors (Lipinski definition) is 1. The Kier molecular flexibility index (Phi) is 6.84. The smallest absolute Gasteiger partial charge is 0.277 e.